The molecular weight excluding hydrogens is 308 g/mol. The maximum atomic E-state index is 11.1. The summed E-state index contributed by atoms with van der Waals surface area (Å²) in [6.45, 7) is 2.74. The van der Waals surface area contributed by atoms with Gasteiger partial charge in [-0.2, -0.15) is 4.98 Å². The average molecular weight is 328 g/mol. The molecule has 3 rings (SSSR count). The fraction of sp³-hybridized carbons (Fsp3) is 0.769. The fourth-order valence-electron chi connectivity index (χ4n) is 2.65. The maximum absolute atomic E-state index is 11.1. The Hall–Kier alpha value is -1.45. The van der Waals surface area contributed by atoms with Crippen molar-refractivity contribution in [3.63, 3.8) is 0 Å². The van der Waals surface area contributed by atoms with E-state index in [4.69, 9.17) is 9.47 Å². The average Bonchev–Trinajstić information content (AvgIpc) is 3.23. The van der Waals surface area contributed by atoms with Gasteiger partial charge in [0.15, 0.2) is 5.13 Å². The topological polar surface area (TPSA) is 98.6 Å². The van der Waals surface area contributed by atoms with Gasteiger partial charge in [-0.25, -0.2) is 0 Å². The Morgan fingerprint density at radius 2 is 1.82 bits per heavy atom. The Morgan fingerprint density at radius 3 is 2.36 bits per heavy atom. The molecule has 2 fully saturated rings. The van der Waals surface area contributed by atoms with Crippen LogP contribution in [0.3, 0.4) is 0 Å². The molecule has 8 nitrogen and oxygen atoms in total. The molecule has 9 heteroatoms. The first kappa shape index (κ1) is 15.4. The number of nitro groups is 1. The summed E-state index contributed by atoms with van der Waals surface area (Å²) in [6, 6.07) is 0. The number of nitrogens with zero attached hydrogens (tertiary/aromatic N) is 2. The van der Waals surface area contributed by atoms with E-state index < -0.39 is 4.92 Å². The molecule has 0 aliphatic carbocycles. The van der Waals surface area contributed by atoms with Gasteiger partial charge in [0.1, 0.15) is 0 Å². The first-order chi connectivity index (χ1) is 10.7. The van der Waals surface area contributed by atoms with Gasteiger partial charge in [0.25, 0.3) is 0 Å². The molecule has 0 bridgehead atoms. The van der Waals surface area contributed by atoms with Crippen molar-refractivity contribution >= 4 is 27.3 Å². The van der Waals surface area contributed by atoms with Gasteiger partial charge in [0.2, 0.25) is 5.82 Å². The van der Waals surface area contributed by atoms with Crippen molar-refractivity contribution in [3.8, 4) is 0 Å². The lowest BCUT2D eigenvalue weighted by Gasteiger charge is -2.10. The molecule has 3 heterocycles. The summed E-state index contributed by atoms with van der Waals surface area (Å²) < 4.78 is 11.0. The minimum absolute atomic E-state index is 0.0350. The molecule has 122 valence electrons. The van der Waals surface area contributed by atoms with E-state index in [0.717, 1.165) is 50.2 Å². The Morgan fingerprint density at radius 1 is 1.18 bits per heavy atom. The number of hydrogen-bond acceptors (Lipinski definition) is 8. The van der Waals surface area contributed by atoms with Crippen LogP contribution in [0.5, 0.6) is 0 Å². The van der Waals surface area contributed by atoms with Crippen LogP contribution in [-0.2, 0) is 9.47 Å². The van der Waals surface area contributed by atoms with Crippen molar-refractivity contribution in [2.45, 2.75) is 37.9 Å². The predicted molar refractivity (Wildman–Crippen MR) is 83.7 cm³/mol. The van der Waals surface area contributed by atoms with E-state index in [0.29, 0.717) is 24.0 Å². The highest BCUT2D eigenvalue weighted by Gasteiger charge is 2.24. The third kappa shape index (κ3) is 3.84. The van der Waals surface area contributed by atoms with E-state index in [2.05, 4.69) is 15.6 Å². The van der Waals surface area contributed by atoms with E-state index in [-0.39, 0.29) is 17.2 Å². The van der Waals surface area contributed by atoms with Gasteiger partial charge in [-0.3, -0.25) is 10.1 Å². The van der Waals surface area contributed by atoms with Gasteiger partial charge in [0.05, 0.1) is 17.1 Å². The van der Waals surface area contributed by atoms with Crippen molar-refractivity contribution in [1.82, 2.24) is 4.98 Å². The smallest absolute Gasteiger partial charge is 0.369 e. The largest absolute Gasteiger partial charge is 0.376 e. The van der Waals surface area contributed by atoms with Crippen LogP contribution in [0.4, 0.5) is 16.0 Å². The quantitative estimate of drug-likeness (QED) is 0.585. The summed E-state index contributed by atoms with van der Waals surface area (Å²) in [5.74, 6) is 0.320. The molecule has 1 aromatic heterocycles. The standard InChI is InChI=1S/C13H20N4O4S/c18-17(19)12-11(14-7-9-3-1-5-20-9)16-13(22-12)15-8-10-4-2-6-21-10/h9-10,14H,1-8H2,(H,15,16)/t9-,10+/m1/s1. The summed E-state index contributed by atoms with van der Waals surface area (Å²) >= 11 is 1.05. The number of ether oxygens (including phenoxy) is 2. The number of hydrogen-bond donors (Lipinski definition) is 2. The van der Waals surface area contributed by atoms with Crippen LogP contribution in [0.15, 0.2) is 0 Å². The molecule has 0 aromatic carbocycles. The maximum Gasteiger partial charge on any atom is 0.369 e. The van der Waals surface area contributed by atoms with Crippen LogP contribution in [-0.4, -0.2) is 48.4 Å². The van der Waals surface area contributed by atoms with E-state index in [9.17, 15) is 10.1 Å². The van der Waals surface area contributed by atoms with E-state index in [1.54, 1.807) is 0 Å². The number of rotatable bonds is 7. The van der Waals surface area contributed by atoms with Crippen LogP contribution < -0.4 is 10.6 Å². The third-order valence-electron chi connectivity index (χ3n) is 3.80. The number of thiazole rings is 1. The Labute approximate surface area is 132 Å². The number of aromatic nitrogens is 1. The highest BCUT2D eigenvalue weighted by atomic mass is 32.1. The van der Waals surface area contributed by atoms with Crippen molar-refractivity contribution in [2.24, 2.45) is 0 Å². The predicted octanol–water partition coefficient (Wildman–Crippen LogP) is 2.23. The van der Waals surface area contributed by atoms with Crippen LogP contribution in [0, 0.1) is 10.1 Å². The van der Waals surface area contributed by atoms with E-state index >= 15 is 0 Å². The second-order valence-electron chi connectivity index (χ2n) is 5.46. The second kappa shape index (κ2) is 7.21. The van der Waals surface area contributed by atoms with Crippen LogP contribution >= 0.6 is 11.3 Å². The normalized spacial score (nSPS) is 24.5. The third-order valence-corrected chi connectivity index (χ3v) is 4.77. The molecular formula is C13H20N4O4S. The molecule has 2 aliphatic rings. The molecule has 0 saturated carbocycles. The van der Waals surface area contributed by atoms with Crippen molar-refractivity contribution in [2.75, 3.05) is 36.9 Å². The van der Waals surface area contributed by atoms with Crippen LogP contribution in [0.25, 0.3) is 0 Å². The highest BCUT2D eigenvalue weighted by molar-refractivity contribution is 7.19. The first-order valence-electron chi connectivity index (χ1n) is 7.58. The second-order valence-corrected chi connectivity index (χ2v) is 6.44. The lowest BCUT2D eigenvalue weighted by Crippen LogP contribution is -2.19. The molecule has 0 spiro atoms. The minimum atomic E-state index is -0.396. The molecule has 2 atom stereocenters. The molecule has 2 N–H and O–H groups in total. The SMILES string of the molecule is O=[N+]([O-])c1sc(NC[C@@H]2CCCO2)nc1NC[C@H]1CCCO1. The number of anilines is 2. The Kier molecular flexibility index (Phi) is 5.06. The van der Waals surface area contributed by atoms with Crippen molar-refractivity contribution in [3.05, 3.63) is 10.1 Å². The molecule has 22 heavy (non-hydrogen) atoms. The summed E-state index contributed by atoms with van der Waals surface area (Å²) in [7, 11) is 0. The zero-order chi connectivity index (χ0) is 15.4. The highest BCUT2D eigenvalue weighted by Crippen LogP contribution is 2.34. The monoisotopic (exact) mass is 328 g/mol. The van der Waals surface area contributed by atoms with Gasteiger partial charge in [-0.05, 0) is 37.0 Å². The molecule has 1 aromatic rings. The molecule has 2 aliphatic heterocycles. The van der Waals surface area contributed by atoms with Crippen LogP contribution in [0.2, 0.25) is 0 Å². The Balaban J connectivity index is 1.58. The van der Waals surface area contributed by atoms with Gasteiger partial charge in [-0.15, -0.1) is 0 Å². The first-order valence-corrected chi connectivity index (χ1v) is 8.40. The summed E-state index contributed by atoms with van der Waals surface area (Å²) in [4.78, 5) is 15.0. The fourth-order valence-corrected chi connectivity index (χ4v) is 3.41. The summed E-state index contributed by atoms with van der Waals surface area (Å²) in [5, 5.41) is 17.9. The van der Waals surface area contributed by atoms with Gasteiger partial charge >= 0.3 is 5.00 Å². The summed E-state index contributed by atoms with van der Waals surface area (Å²) in [5.41, 5.74) is 0. The summed E-state index contributed by atoms with van der Waals surface area (Å²) in [6.07, 6.45) is 4.40. The molecule has 0 amide bonds. The van der Waals surface area contributed by atoms with Crippen LogP contribution in [0.1, 0.15) is 25.7 Å². The van der Waals surface area contributed by atoms with Crippen molar-refractivity contribution < 1.29 is 14.4 Å². The molecule has 0 radical (unpaired) electrons. The van der Waals surface area contributed by atoms with Gasteiger partial charge < -0.3 is 20.1 Å². The van der Waals surface area contributed by atoms with E-state index in [1.165, 1.54) is 0 Å². The zero-order valence-electron chi connectivity index (χ0n) is 12.2. The van der Waals surface area contributed by atoms with Crippen molar-refractivity contribution in [1.29, 1.82) is 0 Å². The van der Waals surface area contributed by atoms with Gasteiger partial charge in [-0.1, -0.05) is 0 Å². The number of nitrogens with one attached hydrogen (secondary N) is 2. The minimum Gasteiger partial charge on any atom is -0.376 e. The lowest BCUT2D eigenvalue weighted by atomic mass is 10.2. The Bertz CT molecular complexity index is 512. The van der Waals surface area contributed by atoms with E-state index in [1.807, 2.05) is 0 Å². The van der Waals surface area contributed by atoms with Gasteiger partial charge in [0, 0.05) is 26.3 Å². The lowest BCUT2D eigenvalue weighted by molar-refractivity contribution is -0.379. The molecule has 0 unspecified atom stereocenters. The molecule has 2 saturated heterocycles. The zero-order valence-corrected chi connectivity index (χ0v) is 13.1.